The van der Waals surface area contributed by atoms with Gasteiger partial charge in [-0.25, -0.2) is 9.97 Å². The Kier molecular flexibility index (Phi) is 3.87. The van der Waals surface area contributed by atoms with Gasteiger partial charge >= 0.3 is 0 Å². The highest BCUT2D eigenvalue weighted by molar-refractivity contribution is 5.99. The average molecular weight is 325 g/mol. The highest BCUT2D eigenvalue weighted by atomic mass is 16.3. The Morgan fingerprint density at radius 3 is 2.92 bits per heavy atom. The zero-order valence-electron chi connectivity index (χ0n) is 14.3. The summed E-state index contributed by atoms with van der Waals surface area (Å²) in [7, 11) is 0. The molecule has 2 aromatic rings. The number of furan rings is 1. The van der Waals surface area contributed by atoms with Crippen molar-refractivity contribution in [2.45, 2.75) is 45.4 Å². The van der Waals surface area contributed by atoms with Crippen molar-refractivity contribution in [1.82, 2.24) is 9.97 Å². The summed E-state index contributed by atoms with van der Waals surface area (Å²) in [6.07, 6.45) is 5.33. The molecule has 1 aliphatic heterocycles. The minimum Gasteiger partial charge on any atom is -0.469 e. The van der Waals surface area contributed by atoms with Gasteiger partial charge in [0.15, 0.2) is 5.78 Å². The molecule has 5 nitrogen and oxygen atoms in total. The molecule has 0 unspecified atom stereocenters. The predicted octanol–water partition coefficient (Wildman–Crippen LogP) is 3.53. The lowest BCUT2D eigenvalue weighted by molar-refractivity contribution is 0.0958. The molecule has 0 saturated carbocycles. The molecule has 0 spiro atoms. The van der Waals surface area contributed by atoms with E-state index in [1.807, 2.05) is 19.1 Å². The second-order valence-electron chi connectivity index (χ2n) is 7.17. The van der Waals surface area contributed by atoms with Gasteiger partial charge in [0.1, 0.15) is 5.76 Å². The monoisotopic (exact) mass is 325 g/mol. The van der Waals surface area contributed by atoms with Crippen LogP contribution in [-0.2, 0) is 6.42 Å². The lowest BCUT2D eigenvalue weighted by Gasteiger charge is -2.32. The van der Waals surface area contributed by atoms with Crippen molar-refractivity contribution in [2.24, 2.45) is 5.92 Å². The first-order chi connectivity index (χ1) is 11.6. The van der Waals surface area contributed by atoms with Gasteiger partial charge in [-0.2, -0.15) is 0 Å². The number of carbonyl (C=O) groups excluding carboxylic acids is 1. The van der Waals surface area contributed by atoms with Crippen LogP contribution in [0.25, 0.3) is 0 Å². The van der Waals surface area contributed by atoms with Gasteiger partial charge in [0, 0.05) is 31.8 Å². The van der Waals surface area contributed by atoms with Crippen LogP contribution in [0.15, 0.2) is 22.8 Å². The number of anilines is 1. The number of hydrogen-bond acceptors (Lipinski definition) is 5. The highest BCUT2D eigenvalue weighted by Crippen LogP contribution is 2.34. The number of aryl methyl sites for hydroxylation is 1. The summed E-state index contributed by atoms with van der Waals surface area (Å²) in [5, 5.41) is 0. The van der Waals surface area contributed by atoms with Crippen molar-refractivity contribution in [1.29, 1.82) is 0 Å². The highest BCUT2D eigenvalue weighted by Gasteiger charge is 2.32. The third-order valence-electron chi connectivity index (χ3n) is 5.19. The quantitative estimate of drug-likeness (QED) is 0.845. The van der Waals surface area contributed by atoms with Crippen LogP contribution >= 0.6 is 0 Å². The molecule has 0 amide bonds. The molecule has 1 fully saturated rings. The molecule has 126 valence electrons. The maximum atomic E-state index is 12.6. The van der Waals surface area contributed by atoms with E-state index in [1.165, 1.54) is 12.8 Å². The van der Waals surface area contributed by atoms with Crippen LogP contribution < -0.4 is 4.90 Å². The zero-order chi connectivity index (χ0) is 16.7. The smallest absolute Gasteiger partial charge is 0.225 e. The van der Waals surface area contributed by atoms with E-state index in [-0.39, 0.29) is 11.7 Å². The largest absolute Gasteiger partial charge is 0.469 e. The van der Waals surface area contributed by atoms with Crippen LogP contribution in [0.1, 0.15) is 59.6 Å². The Labute approximate surface area is 142 Å². The number of hydrogen-bond donors (Lipinski definition) is 0. The molecule has 2 aromatic heterocycles. The Morgan fingerprint density at radius 1 is 1.29 bits per heavy atom. The first-order valence-corrected chi connectivity index (χ1v) is 8.81. The standard InChI is InChI=1S/C19H23N3O2/c1-12-5-3-7-22(11-12)19-20-13(2)18-15(21-19)9-14(10-16(18)23)17-6-4-8-24-17/h4,6,8,12,14H,3,5,7,9-11H2,1-2H3/t12-,14-/m0/s1. The molecule has 1 saturated heterocycles. The van der Waals surface area contributed by atoms with Crippen molar-refractivity contribution >= 4 is 11.7 Å². The fourth-order valence-corrected chi connectivity index (χ4v) is 4.00. The topological polar surface area (TPSA) is 59.2 Å². The van der Waals surface area contributed by atoms with Crippen molar-refractivity contribution in [2.75, 3.05) is 18.0 Å². The van der Waals surface area contributed by atoms with E-state index in [0.717, 1.165) is 48.2 Å². The molecule has 4 rings (SSSR count). The van der Waals surface area contributed by atoms with Crippen molar-refractivity contribution < 1.29 is 9.21 Å². The van der Waals surface area contributed by atoms with Crippen LogP contribution in [0.4, 0.5) is 5.95 Å². The van der Waals surface area contributed by atoms with E-state index in [4.69, 9.17) is 9.40 Å². The van der Waals surface area contributed by atoms with E-state index < -0.39 is 0 Å². The zero-order valence-corrected chi connectivity index (χ0v) is 14.3. The third kappa shape index (κ3) is 2.72. The molecule has 0 bridgehead atoms. The second kappa shape index (κ2) is 6.04. The Morgan fingerprint density at radius 2 is 2.17 bits per heavy atom. The second-order valence-corrected chi connectivity index (χ2v) is 7.17. The van der Waals surface area contributed by atoms with Gasteiger partial charge in [-0.1, -0.05) is 6.92 Å². The fourth-order valence-electron chi connectivity index (χ4n) is 4.00. The molecule has 1 aliphatic carbocycles. The predicted molar refractivity (Wildman–Crippen MR) is 91.5 cm³/mol. The van der Waals surface area contributed by atoms with Gasteiger partial charge < -0.3 is 9.32 Å². The number of carbonyl (C=O) groups is 1. The summed E-state index contributed by atoms with van der Waals surface area (Å²) in [6.45, 7) is 6.20. The number of rotatable bonds is 2. The maximum Gasteiger partial charge on any atom is 0.225 e. The van der Waals surface area contributed by atoms with E-state index in [0.29, 0.717) is 12.3 Å². The molecule has 2 aliphatic rings. The molecule has 0 N–H and O–H groups in total. The van der Waals surface area contributed by atoms with Crippen molar-refractivity contribution in [3.8, 4) is 0 Å². The van der Waals surface area contributed by atoms with Gasteiger partial charge in [-0.05, 0) is 37.8 Å². The van der Waals surface area contributed by atoms with Crippen LogP contribution in [0.2, 0.25) is 0 Å². The number of Topliss-reactive ketones (excluding diaryl/α,β-unsaturated/α-hetero) is 1. The maximum absolute atomic E-state index is 12.6. The minimum atomic E-state index is 0.0856. The fraction of sp³-hybridized carbons (Fsp3) is 0.526. The van der Waals surface area contributed by atoms with Crippen LogP contribution in [0.5, 0.6) is 0 Å². The number of nitrogens with zero attached hydrogens (tertiary/aromatic N) is 3. The molecule has 5 heteroatoms. The molecule has 0 aromatic carbocycles. The number of piperidine rings is 1. The molecular weight excluding hydrogens is 302 g/mol. The average Bonchev–Trinajstić information content (AvgIpc) is 3.08. The molecule has 3 heterocycles. The van der Waals surface area contributed by atoms with Gasteiger partial charge in [-0.3, -0.25) is 4.79 Å². The third-order valence-corrected chi connectivity index (χ3v) is 5.19. The van der Waals surface area contributed by atoms with E-state index in [9.17, 15) is 4.79 Å². The van der Waals surface area contributed by atoms with Crippen LogP contribution in [0, 0.1) is 12.8 Å². The lowest BCUT2D eigenvalue weighted by atomic mass is 9.84. The number of ketones is 1. The van der Waals surface area contributed by atoms with Gasteiger partial charge in [-0.15, -0.1) is 0 Å². The van der Waals surface area contributed by atoms with Crippen molar-refractivity contribution in [3.63, 3.8) is 0 Å². The van der Waals surface area contributed by atoms with Gasteiger partial charge in [0.05, 0.1) is 23.2 Å². The van der Waals surface area contributed by atoms with Gasteiger partial charge in [0.25, 0.3) is 0 Å². The molecular formula is C19H23N3O2. The summed E-state index contributed by atoms with van der Waals surface area (Å²) < 4.78 is 5.52. The number of fused-ring (bicyclic) bond motifs is 1. The molecule has 0 radical (unpaired) electrons. The lowest BCUT2D eigenvalue weighted by Crippen LogP contribution is -2.36. The van der Waals surface area contributed by atoms with Gasteiger partial charge in [0.2, 0.25) is 5.95 Å². The molecule has 24 heavy (non-hydrogen) atoms. The van der Waals surface area contributed by atoms with Crippen LogP contribution in [0.3, 0.4) is 0 Å². The number of aromatic nitrogens is 2. The van der Waals surface area contributed by atoms with Crippen LogP contribution in [-0.4, -0.2) is 28.8 Å². The summed E-state index contributed by atoms with van der Waals surface area (Å²) >= 11 is 0. The first-order valence-electron chi connectivity index (χ1n) is 8.81. The van der Waals surface area contributed by atoms with Crippen molar-refractivity contribution in [3.05, 3.63) is 41.1 Å². The minimum absolute atomic E-state index is 0.0856. The molecule has 2 atom stereocenters. The normalized spacial score (nSPS) is 24.1. The summed E-state index contributed by atoms with van der Waals surface area (Å²) in [4.78, 5) is 24.3. The summed E-state index contributed by atoms with van der Waals surface area (Å²) in [6, 6.07) is 3.82. The van der Waals surface area contributed by atoms with E-state index in [1.54, 1.807) is 6.26 Å². The summed E-state index contributed by atoms with van der Waals surface area (Å²) in [5.74, 6) is 2.54. The SMILES string of the molecule is Cc1nc(N2CCC[C@H](C)C2)nc2c1C(=O)C[C@@H](c1ccco1)C2. The first kappa shape index (κ1) is 15.4. The van der Waals surface area contributed by atoms with E-state index >= 15 is 0 Å². The summed E-state index contributed by atoms with van der Waals surface area (Å²) in [5.41, 5.74) is 2.43. The Bertz CT molecular complexity index is 754. The Hall–Kier alpha value is -2.17. The Balaban J connectivity index is 1.68. The van der Waals surface area contributed by atoms with E-state index in [2.05, 4.69) is 16.8 Å².